The van der Waals surface area contributed by atoms with E-state index in [0.29, 0.717) is 12.5 Å². The van der Waals surface area contributed by atoms with Crippen molar-refractivity contribution in [1.82, 2.24) is 15.5 Å². The Hall–Kier alpha value is -0.610. The minimum Gasteiger partial charge on any atom is -0.359 e. The van der Waals surface area contributed by atoms with Gasteiger partial charge in [-0.1, -0.05) is 0 Å². The number of carbonyl (C=O) groups excluding carboxylic acids is 1. The van der Waals surface area contributed by atoms with E-state index < -0.39 is 0 Å². The predicted octanol–water partition coefficient (Wildman–Crippen LogP) is 0.0523. The van der Waals surface area contributed by atoms with E-state index >= 15 is 0 Å². The van der Waals surface area contributed by atoms with Crippen LogP contribution in [0, 0.1) is 0 Å². The van der Waals surface area contributed by atoms with Crippen LogP contribution < -0.4 is 10.6 Å². The molecule has 0 fully saturated rings. The van der Waals surface area contributed by atoms with Gasteiger partial charge in [0.2, 0.25) is 5.91 Å². The van der Waals surface area contributed by atoms with Gasteiger partial charge in [0, 0.05) is 26.1 Å². The van der Waals surface area contributed by atoms with Crippen LogP contribution in [0.5, 0.6) is 0 Å². The SMILES string of the molecule is CNC(=O)CCNC(C)CCN(C)C. The van der Waals surface area contributed by atoms with Gasteiger partial charge < -0.3 is 15.5 Å². The van der Waals surface area contributed by atoms with Crippen molar-refractivity contribution in [3.8, 4) is 0 Å². The van der Waals surface area contributed by atoms with Crippen LogP contribution in [0.15, 0.2) is 0 Å². The first-order valence-electron chi connectivity index (χ1n) is 5.15. The maximum atomic E-state index is 10.9. The Bertz CT molecular complexity index is 159. The number of amides is 1. The first-order valence-corrected chi connectivity index (χ1v) is 5.15. The van der Waals surface area contributed by atoms with Crippen molar-refractivity contribution in [2.45, 2.75) is 25.8 Å². The molecule has 0 aromatic heterocycles. The molecule has 0 saturated carbocycles. The van der Waals surface area contributed by atoms with E-state index in [1.807, 2.05) is 0 Å². The van der Waals surface area contributed by atoms with Crippen molar-refractivity contribution in [3.63, 3.8) is 0 Å². The lowest BCUT2D eigenvalue weighted by molar-refractivity contribution is -0.120. The fraction of sp³-hybridized carbons (Fsp3) is 0.900. The van der Waals surface area contributed by atoms with Crippen LogP contribution in [-0.2, 0) is 4.79 Å². The lowest BCUT2D eigenvalue weighted by atomic mass is 10.2. The molecule has 0 aliphatic rings. The summed E-state index contributed by atoms with van der Waals surface area (Å²) in [6.07, 6.45) is 1.67. The molecule has 0 aliphatic heterocycles. The first-order chi connectivity index (χ1) is 6.56. The van der Waals surface area contributed by atoms with E-state index in [1.54, 1.807) is 7.05 Å². The van der Waals surface area contributed by atoms with Gasteiger partial charge >= 0.3 is 0 Å². The fourth-order valence-electron chi connectivity index (χ4n) is 1.11. The first kappa shape index (κ1) is 13.4. The summed E-state index contributed by atoms with van der Waals surface area (Å²) in [7, 11) is 5.80. The summed E-state index contributed by atoms with van der Waals surface area (Å²) < 4.78 is 0. The van der Waals surface area contributed by atoms with Crippen LogP contribution in [0.25, 0.3) is 0 Å². The minimum absolute atomic E-state index is 0.0947. The summed E-state index contributed by atoms with van der Waals surface area (Å²) >= 11 is 0. The lowest BCUT2D eigenvalue weighted by Gasteiger charge is -2.16. The van der Waals surface area contributed by atoms with Gasteiger partial charge in [-0.3, -0.25) is 4.79 Å². The van der Waals surface area contributed by atoms with Gasteiger partial charge in [0.15, 0.2) is 0 Å². The molecule has 0 aromatic rings. The van der Waals surface area contributed by atoms with Crippen molar-refractivity contribution in [2.24, 2.45) is 0 Å². The molecule has 1 atom stereocenters. The zero-order valence-corrected chi connectivity index (χ0v) is 9.76. The second-order valence-electron chi connectivity index (χ2n) is 3.87. The summed E-state index contributed by atoms with van der Waals surface area (Å²) in [5.41, 5.74) is 0. The molecule has 0 spiro atoms. The molecule has 0 bridgehead atoms. The normalized spacial score (nSPS) is 12.9. The van der Waals surface area contributed by atoms with E-state index in [2.05, 4.69) is 36.6 Å². The molecule has 4 heteroatoms. The Morgan fingerprint density at radius 3 is 2.57 bits per heavy atom. The van der Waals surface area contributed by atoms with E-state index in [9.17, 15) is 4.79 Å². The Kier molecular flexibility index (Phi) is 7.42. The molecule has 0 radical (unpaired) electrons. The molecule has 4 nitrogen and oxygen atoms in total. The van der Waals surface area contributed by atoms with Crippen LogP contribution in [-0.4, -0.2) is 51.1 Å². The second kappa shape index (κ2) is 7.76. The van der Waals surface area contributed by atoms with Gasteiger partial charge in [-0.05, 0) is 34.0 Å². The molecule has 0 aliphatic carbocycles. The quantitative estimate of drug-likeness (QED) is 0.612. The van der Waals surface area contributed by atoms with Gasteiger partial charge in [-0.25, -0.2) is 0 Å². The van der Waals surface area contributed by atoms with Gasteiger partial charge in [0.1, 0.15) is 0 Å². The third kappa shape index (κ3) is 8.01. The van der Waals surface area contributed by atoms with E-state index in [0.717, 1.165) is 19.5 Å². The highest BCUT2D eigenvalue weighted by Gasteiger charge is 2.03. The van der Waals surface area contributed by atoms with Crippen LogP contribution >= 0.6 is 0 Å². The summed E-state index contributed by atoms with van der Waals surface area (Å²) in [6, 6.07) is 0.474. The highest BCUT2D eigenvalue weighted by molar-refractivity contribution is 5.75. The molecule has 1 unspecified atom stereocenters. The largest absolute Gasteiger partial charge is 0.359 e. The van der Waals surface area contributed by atoms with Crippen molar-refractivity contribution < 1.29 is 4.79 Å². The Labute approximate surface area is 87.0 Å². The molecule has 14 heavy (non-hydrogen) atoms. The van der Waals surface area contributed by atoms with Crippen molar-refractivity contribution in [3.05, 3.63) is 0 Å². The number of rotatable bonds is 7. The van der Waals surface area contributed by atoms with Gasteiger partial charge in [0.25, 0.3) is 0 Å². The van der Waals surface area contributed by atoms with Crippen LogP contribution in [0.3, 0.4) is 0 Å². The number of hydrogen-bond acceptors (Lipinski definition) is 3. The van der Waals surface area contributed by atoms with E-state index in [4.69, 9.17) is 0 Å². The van der Waals surface area contributed by atoms with Gasteiger partial charge in [0.05, 0.1) is 0 Å². The third-order valence-corrected chi connectivity index (χ3v) is 2.13. The molecule has 2 N–H and O–H groups in total. The number of nitrogens with one attached hydrogen (secondary N) is 2. The van der Waals surface area contributed by atoms with Crippen molar-refractivity contribution >= 4 is 5.91 Å². The monoisotopic (exact) mass is 201 g/mol. The zero-order chi connectivity index (χ0) is 11.0. The van der Waals surface area contributed by atoms with Crippen molar-refractivity contribution in [2.75, 3.05) is 34.2 Å². The standard InChI is InChI=1S/C10H23N3O/c1-9(6-8-13(3)4)12-7-5-10(14)11-2/h9,12H,5-8H2,1-4H3,(H,11,14). The number of hydrogen-bond donors (Lipinski definition) is 2. The second-order valence-corrected chi connectivity index (χ2v) is 3.87. The summed E-state index contributed by atoms with van der Waals surface area (Å²) in [5.74, 6) is 0.0947. The molecule has 0 aromatic carbocycles. The maximum Gasteiger partial charge on any atom is 0.221 e. The Morgan fingerprint density at radius 2 is 2.07 bits per heavy atom. The molecule has 0 rings (SSSR count). The summed E-state index contributed by atoms with van der Waals surface area (Å²) in [5, 5.41) is 5.92. The highest BCUT2D eigenvalue weighted by Crippen LogP contribution is 1.92. The zero-order valence-electron chi connectivity index (χ0n) is 9.76. The topological polar surface area (TPSA) is 44.4 Å². The average Bonchev–Trinajstić information content (AvgIpc) is 2.14. The van der Waals surface area contributed by atoms with E-state index in [1.165, 1.54) is 0 Å². The molecule has 84 valence electrons. The molecule has 0 saturated heterocycles. The van der Waals surface area contributed by atoms with Crippen LogP contribution in [0.4, 0.5) is 0 Å². The maximum absolute atomic E-state index is 10.9. The van der Waals surface area contributed by atoms with Crippen molar-refractivity contribution in [1.29, 1.82) is 0 Å². The Morgan fingerprint density at radius 1 is 1.43 bits per heavy atom. The summed E-state index contributed by atoms with van der Waals surface area (Å²) in [6.45, 7) is 3.98. The minimum atomic E-state index is 0.0947. The smallest absolute Gasteiger partial charge is 0.221 e. The summed E-state index contributed by atoms with van der Waals surface area (Å²) in [4.78, 5) is 13.1. The van der Waals surface area contributed by atoms with Crippen LogP contribution in [0.1, 0.15) is 19.8 Å². The molecular weight excluding hydrogens is 178 g/mol. The van der Waals surface area contributed by atoms with Gasteiger partial charge in [-0.15, -0.1) is 0 Å². The van der Waals surface area contributed by atoms with Gasteiger partial charge in [-0.2, -0.15) is 0 Å². The van der Waals surface area contributed by atoms with E-state index in [-0.39, 0.29) is 5.91 Å². The third-order valence-electron chi connectivity index (χ3n) is 2.13. The fourth-order valence-corrected chi connectivity index (χ4v) is 1.11. The highest BCUT2D eigenvalue weighted by atomic mass is 16.1. The molecule has 0 heterocycles. The number of nitrogens with zero attached hydrogens (tertiary/aromatic N) is 1. The molecular formula is C10H23N3O. The predicted molar refractivity (Wildman–Crippen MR) is 59.3 cm³/mol. The number of carbonyl (C=O) groups is 1. The lowest BCUT2D eigenvalue weighted by Crippen LogP contribution is -2.32. The average molecular weight is 201 g/mol. The molecule has 1 amide bonds. The Balaban J connectivity index is 3.35. The van der Waals surface area contributed by atoms with Crippen LogP contribution in [0.2, 0.25) is 0 Å².